The van der Waals surface area contributed by atoms with Crippen LogP contribution < -0.4 is 0 Å². The van der Waals surface area contributed by atoms with Gasteiger partial charge in [0.05, 0.1) is 0 Å². The largest absolute Gasteiger partial charge is 0.456 e. The molecule has 0 atom stereocenters. The van der Waals surface area contributed by atoms with Gasteiger partial charge in [0.15, 0.2) is 0 Å². The van der Waals surface area contributed by atoms with E-state index < -0.39 is 0 Å². The quantitative estimate of drug-likeness (QED) is 0.171. The number of hydrogen-bond acceptors (Lipinski definition) is 2. The van der Waals surface area contributed by atoms with E-state index in [4.69, 9.17) is 8.83 Å². The SMILES string of the molecule is c1ccc2cc3c(cc2c1)oc1cccc(-c2ccc(-c4ccc(-c5ccc6ccc7cccc8ccc5c6c78)cc4)c4c2oc2cc5ccccc5cc24)c13. The van der Waals surface area contributed by atoms with Gasteiger partial charge in [0.1, 0.15) is 22.3 Å². The molecule has 258 valence electrons. The molecule has 0 aliphatic heterocycles. The van der Waals surface area contributed by atoms with Gasteiger partial charge >= 0.3 is 0 Å². The highest BCUT2D eigenvalue weighted by Gasteiger charge is 2.22. The molecule has 0 unspecified atom stereocenters. The van der Waals surface area contributed by atoms with Crippen molar-refractivity contribution in [2.75, 3.05) is 0 Å². The maximum atomic E-state index is 6.98. The molecule has 13 aromatic rings. The summed E-state index contributed by atoms with van der Waals surface area (Å²) in [5, 5.41) is 17.0. The number of rotatable bonds is 3. The molecule has 0 spiro atoms. The van der Waals surface area contributed by atoms with Crippen molar-refractivity contribution in [1.29, 1.82) is 0 Å². The predicted molar refractivity (Wildman–Crippen MR) is 236 cm³/mol. The van der Waals surface area contributed by atoms with Crippen LogP contribution >= 0.6 is 0 Å². The minimum atomic E-state index is 0.870. The highest BCUT2D eigenvalue weighted by Crippen LogP contribution is 2.47. The van der Waals surface area contributed by atoms with Gasteiger partial charge in [-0.25, -0.2) is 0 Å². The Labute approximate surface area is 320 Å². The summed E-state index contributed by atoms with van der Waals surface area (Å²) in [5.41, 5.74) is 10.4. The highest BCUT2D eigenvalue weighted by atomic mass is 16.3. The molecule has 2 heterocycles. The van der Waals surface area contributed by atoms with Crippen LogP contribution in [0.4, 0.5) is 0 Å². The molecule has 56 heavy (non-hydrogen) atoms. The topological polar surface area (TPSA) is 26.3 Å². The van der Waals surface area contributed by atoms with Gasteiger partial charge in [-0.2, -0.15) is 0 Å². The van der Waals surface area contributed by atoms with Gasteiger partial charge in [0, 0.05) is 27.1 Å². The summed E-state index contributed by atoms with van der Waals surface area (Å²) < 4.78 is 13.5. The lowest BCUT2D eigenvalue weighted by Crippen LogP contribution is -1.88. The number of hydrogen-bond donors (Lipinski definition) is 0. The zero-order chi connectivity index (χ0) is 36.5. The first-order chi connectivity index (χ1) is 27.7. The average Bonchev–Trinajstić information content (AvgIpc) is 3.81. The fraction of sp³-hybridized carbons (Fsp3) is 0. The lowest BCUT2D eigenvalue weighted by molar-refractivity contribution is 0.669. The van der Waals surface area contributed by atoms with E-state index in [1.165, 1.54) is 59.6 Å². The lowest BCUT2D eigenvalue weighted by atomic mass is 9.89. The second kappa shape index (κ2) is 11.1. The summed E-state index contributed by atoms with van der Waals surface area (Å²) in [5.74, 6) is 0. The van der Waals surface area contributed by atoms with E-state index in [2.05, 4.69) is 182 Å². The van der Waals surface area contributed by atoms with E-state index >= 15 is 0 Å². The molecule has 0 radical (unpaired) electrons. The Morgan fingerprint density at radius 1 is 0.250 bits per heavy atom. The minimum absolute atomic E-state index is 0.870. The van der Waals surface area contributed by atoms with E-state index in [-0.39, 0.29) is 0 Å². The summed E-state index contributed by atoms with van der Waals surface area (Å²) >= 11 is 0. The third kappa shape index (κ3) is 4.16. The van der Waals surface area contributed by atoms with Crippen molar-refractivity contribution in [1.82, 2.24) is 0 Å². The predicted octanol–water partition coefficient (Wildman–Crippen LogP) is 15.7. The molecule has 0 fully saturated rings. The van der Waals surface area contributed by atoms with Gasteiger partial charge in [0.25, 0.3) is 0 Å². The third-order valence-corrected chi connectivity index (χ3v) is 12.2. The minimum Gasteiger partial charge on any atom is -0.456 e. The van der Waals surface area contributed by atoms with Crippen molar-refractivity contribution in [2.45, 2.75) is 0 Å². The van der Waals surface area contributed by atoms with Crippen LogP contribution in [0.15, 0.2) is 191 Å². The maximum Gasteiger partial charge on any atom is 0.143 e. The van der Waals surface area contributed by atoms with Crippen LogP contribution in [0, 0.1) is 0 Å². The molecule has 0 aliphatic carbocycles. The lowest BCUT2D eigenvalue weighted by Gasteiger charge is -2.14. The van der Waals surface area contributed by atoms with Crippen LogP contribution in [-0.2, 0) is 0 Å². The zero-order valence-corrected chi connectivity index (χ0v) is 30.1. The van der Waals surface area contributed by atoms with Crippen LogP contribution in [0.1, 0.15) is 0 Å². The fourth-order valence-corrected chi connectivity index (χ4v) is 9.57. The Morgan fingerprint density at radius 3 is 1.48 bits per heavy atom. The van der Waals surface area contributed by atoms with E-state index in [0.717, 1.165) is 71.5 Å². The monoisotopic (exact) mass is 710 g/mol. The maximum absolute atomic E-state index is 6.98. The van der Waals surface area contributed by atoms with Gasteiger partial charge in [-0.05, 0) is 118 Å². The van der Waals surface area contributed by atoms with Crippen LogP contribution in [0.2, 0.25) is 0 Å². The second-order valence-electron chi connectivity index (χ2n) is 15.2. The van der Waals surface area contributed by atoms with Crippen molar-refractivity contribution in [3.05, 3.63) is 182 Å². The summed E-state index contributed by atoms with van der Waals surface area (Å²) in [6.45, 7) is 0. The van der Waals surface area contributed by atoms with Gasteiger partial charge in [-0.1, -0.05) is 146 Å². The first-order valence-corrected chi connectivity index (χ1v) is 19.2. The van der Waals surface area contributed by atoms with E-state index in [0.29, 0.717) is 0 Å². The zero-order valence-electron chi connectivity index (χ0n) is 30.1. The van der Waals surface area contributed by atoms with Gasteiger partial charge < -0.3 is 8.83 Å². The number of fused-ring (bicyclic) bond motifs is 8. The summed E-state index contributed by atoms with van der Waals surface area (Å²) in [6, 6.07) is 66.1. The Kier molecular flexibility index (Phi) is 5.92. The fourth-order valence-electron chi connectivity index (χ4n) is 9.57. The first-order valence-electron chi connectivity index (χ1n) is 19.2. The first kappa shape index (κ1) is 30.0. The average molecular weight is 711 g/mol. The van der Waals surface area contributed by atoms with Crippen LogP contribution in [0.5, 0.6) is 0 Å². The molecule has 11 aromatic carbocycles. The Balaban J connectivity index is 1.03. The van der Waals surface area contributed by atoms with Gasteiger partial charge in [-0.3, -0.25) is 0 Å². The Bertz CT molecular complexity index is 3730. The van der Waals surface area contributed by atoms with Crippen molar-refractivity contribution < 1.29 is 8.83 Å². The Hall–Kier alpha value is -7.42. The van der Waals surface area contributed by atoms with Crippen molar-refractivity contribution in [3.63, 3.8) is 0 Å². The third-order valence-electron chi connectivity index (χ3n) is 12.2. The molecule has 13 rings (SSSR count). The molecule has 2 nitrogen and oxygen atoms in total. The number of furan rings is 2. The van der Waals surface area contributed by atoms with Crippen LogP contribution in [-0.4, -0.2) is 0 Å². The van der Waals surface area contributed by atoms with Crippen molar-refractivity contribution >= 4 is 97.7 Å². The molecule has 2 aromatic heterocycles. The summed E-state index contributed by atoms with van der Waals surface area (Å²) in [7, 11) is 0. The molecular formula is C54H30O2. The van der Waals surface area contributed by atoms with Gasteiger partial charge in [-0.15, -0.1) is 0 Å². The van der Waals surface area contributed by atoms with E-state index in [1.807, 2.05) is 0 Å². The molecule has 0 amide bonds. The molecular weight excluding hydrogens is 681 g/mol. The molecule has 0 N–H and O–H groups in total. The molecule has 0 saturated heterocycles. The standard InChI is InChI=1S/C54H30O2/c1-3-9-38-29-48-45(27-36(38)7-1)52-42(13-6-14-47(52)55-48)44-26-25-41(53-46-28-37-8-2-4-10-39(37)30-49(46)56-54(44)53)32-17-15-31(16-18-32)40-23-21-35-20-19-33-11-5-12-34-22-24-43(40)51(35)50(33)34/h1-30H. The number of benzene rings is 11. The summed E-state index contributed by atoms with van der Waals surface area (Å²) in [6.07, 6.45) is 0. The molecule has 0 aliphatic rings. The van der Waals surface area contributed by atoms with Crippen molar-refractivity contribution in [3.8, 4) is 33.4 Å². The molecule has 0 bridgehead atoms. The Morgan fingerprint density at radius 2 is 0.768 bits per heavy atom. The second-order valence-corrected chi connectivity index (χ2v) is 15.2. The van der Waals surface area contributed by atoms with Gasteiger partial charge in [0.2, 0.25) is 0 Å². The van der Waals surface area contributed by atoms with E-state index in [9.17, 15) is 0 Å². The van der Waals surface area contributed by atoms with Crippen LogP contribution in [0.25, 0.3) is 131 Å². The molecule has 0 saturated carbocycles. The van der Waals surface area contributed by atoms with E-state index in [1.54, 1.807) is 0 Å². The smallest absolute Gasteiger partial charge is 0.143 e. The normalized spacial score (nSPS) is 12.3. The van der Waals surface area contributed by atoms with Crippen molar-refractivity contribution in [2.24, 2.45) is 0 Å². The highest BCUT2D eigenvalue weighted by molar-refractivity contribution is 6.26. The summed E-state index contributed by atoms with van der Waals surface area (Å²) in [4.78, 5) is 0. The molecule has 2 heteroatoms. The van der Waals surface area contributed by atoms with Crippen LogP contribution in [0.3, 0.4) is 0 Å².